The van der Waals surface area contributed by atoms with E-state index >= 15 is 0 Å². The Morgan fingerprint density at radius 2 is 1.24 bits per heavy atom. The normalized spacial score (nSPS) is 15.0. The molecule has 0 atom stereocenters. The molecule has 2 aliphatic heterocycles. The molecule has 2 aliphatic rings. The second-order valence-corrected chi connectivity index (χ2v) is 11.6. The number of carbonyl (C=O) groups is 2. The summed E-state index contributed by atoms with van der Waals surface area (Å²) < 4.78 is 12.7. The molecule has 0 bridgehead atoms. The predicted molar refractivity (Wildman–Crippen MR) is 147 cm³/mol. The van der Waals surface area contributed by atoms with Crippen molar-refractivity contribution in [2.45, 2.75) is 20.0 Å². The molecule has 0 N–H and O–H groups in total. The third-order valence-electron chi connectivity index (χ3n) is 5.30. The first-order valence-corrected chi connectivity index (χ1v) is 14.2. The fourth-order valence-electron chi connectivity index (χ4n) is 3.95. The van der Waals surface area contributed by atoms with Crippen molar-refractivity contribution in [1.82, 2.24) is 0 Å². The molecular formula is C26H20O4S4. The van der Waals surface area contributed by atoms with Gasteiger partial charge in [-0.1, -0.05) is 83.4 Å². The van der Waals surface area contributed by atoms with Gasteiger partial charge in [0.25, 0.3) is 0 Å². The van der Waals surface area contributed by atoms with Crippen LogP contribution in [0.25, 0.3) is 30.0 Å². The van der Waals surface area contributed by atoms with Crippen molar-refractivity contribution in [2.24, 2.45) is 0 Å². The van der Waals surface area contributed by atoms with E-state index in [4.69, 9.17) is 9.47 Å². The van der Waals surface area contributed by atoms with E-state index in [2.05, 4.69) is 58.0 Å². The molecule has 2 heterocycles. The summed E-state index contributed by atoms with van der Waals surface area (Å²) in [6, 6.07) is 14.8. The Kier molecular flexibility index (Phi) is 7.29. The maximum absolute atomic E-state index is 12.1. The summed E-state index contributed by atoms with van der Waals surface area (Å²) in [6.07, 6.45) is -0.377. The van der Waals surface area contributed by atoms with Crippen molar-refractivity contribution in [3.05, 3.63) is 80.1 Å². The van der Waals surface area contributed by atoms with E-state index in [1.807, 2.05) is 6.07 Å². The fraction of sp³-hybridized carbons (Fsp3) is 0.154. The highest BCUT2D eigenvalue weighted by Crippen LogP contribution is 2.41. The highest BCUT2D eigenvalue weighted by Gasteiger charge is 2.16. The van der Waals surface area contributed by atoms with Crippen LogP contribution in [0, 0.1) is 0 Å². The Balaban J connectivity index is 1.65. The highest BCUT2D eigenvalue weighted by molar-refractivity contribution is 8.35. The van der Waals surface area contributed by atoms with Gasteiger partial charge in [-0.25, -0.2) is 0 Å². The van der Waals surface area contributed by atoms with Crippen molar-refractivity contribution in [1.29, 1.82) is 0 Å². The van der Waals surface area contributed by atoms with Crippen LogP contribution < -0.4 is 10.4 Å². The second-order valence-electron chi connectivity index (χ2n) is 7.41. The third kappa shape index (κ3) is 4.77. The number of hydrogen-bond acceptors (Lipinski definition) is 8. The van der Waals surface area contributed by atoms with Gasteiger partial charge in [-0.3, -0.25) is 9.59 Å². The number of carbonyl (C=O) groups excluding carboxylic acids is 2. The maximum atomic E-state index is 12.1. The van der Waals surface area contributed by atoms with Crippen molar-refractivity contribution in [3.63, 3.8) is 0 Å². The largest absolute Gasteiger partial charge is 0.466 e. The predicted octanol–water partition coefficient (Wildman–Crippen LogP) is 6.02. The summed E-state index contributed by atoms with van der Waals surface area (Å²) in [5.74, 6) is -1.15. The molecule has 0 spiro atoms. The lowest BCUT2D eigenvalue weighted by Gasteiger charge is -2.12. The molecular weight excluding hydrogens is 505 g/mol. The van der Waals surface area contributed by atoms with E-state index in [0.29, 0.717) is 0 Å². The highest BCUT2D eigenvalue weighted by atomic mass is 32.2. The van der Waals surface area contributed by atoms with E-state index < -0.39 is 11.9 Å². The van der Waals surface area contributed by atoms with Gasteiger partial charge in [0.15, 0.2) is 0 Å². The minimum Gasteiger partial charge on any atom is -0.466 e. The Hall–Kier alpha value is -2.26. The lowest BCUT2D eigenvalue weighted by molar-refractivity contribution is -0.155. The maximum Gasteiger partial charge on any atom is 0.317 e. The number of fused-ring (bicyclic) bond motifs is 2. The molecule has 0 aromatic heterocycles. The van der Waals surface area contributed by atoms with Gasteiger partial charge >= 0.3 is 11.9 Å². The molecule has 3 aromatic carbocycles. The van der Waals surface area contributed by atoms with Gasteiger partial charge in [-0.05, 0) is 61.7 Å². The molecule has 0 saturated heterocycles. The molecule has 4 nitrogen and oxygen atoms in total. The molecule has 34 heavy (non-hydrogen) atoms. The van der Waals surface area contributed by atoms with Crippen molar-refractivity contribution in [3.8, 4) is 0 Å². The second kappa shape index (κ2) is 10.6. The van der Waals surface area contributed by atoms with Gasteiger partial charge in [0, 0.05) is 10.4 Å². The molecule has 0 fully saturated rings. The minimum atomic E-state index is -0.584. The number of benzene rings is 3. The Morgan fingerprint density at radius 3 is 1.82 bits per heavy atom. The van der Waals surface area contributed by atoms with Crippen LogP contribution in [0.5, 0.6) is 0 Å². The van der Waals surface area contributed by atoms with Gasteiger partial charge in [0.1, 0.15) is 13.0 Å². The smallest absolute Gasteiger partial charge is 0.317 e. The zero-order valence-electron chi connectivity index (χ0n) is 18.2. The first kappa shape index (κ1) is 23.5. The molecule has 0 radical (unpaired) electrons. The molecule has 5 rings (SSSR count). The van der Waals surface area contributed by atoms with E-state index in [1.54, 1.807) is 54.0 Å². The van der Waals surface area contributed by atoms with Crippen molar-refractivity contribution >= 4 is 89.0 Å². The van der Waals surface area contributed by atoms with Crippen LogP contribution >= 0.6 is 47.0 Å². The first-order valence-electron chi connectivity index (χ1n) is 10.7. The van der Waals surface area contributed by atoms with Gasteiger partial charge in [0.2, 0.25) is 0 Å². The van der Waals surface area contributed by atoms with Gasteiger partial charge in [-0.2, -0.15) is 0 Å². The monoisotopic (exact) mass is 524 g/mol. The Bertz CT molecular complexity index is 1470. The van der Waals surface area contributed by atoms with Gasteiger partial charge in [0.05, 0.1) is 15.1 Å². The Morgan fingerprint density at radius 1 is 0.706 bits per heavy atom. The molecule has 0 amide bonds. The minimum absolute atomic E-state index is 0.102. The lowest BCUT2D eigenvalue weighted by atomic mass is 9.97. The number of rotatable bonds is 5. The van der Waals surface area contributed by atoms with E-state index in [-0.39, 0.29) is 19.6 Å². The van der Waals surface area contributed by atoms with Crippen molar-refractivity contribution in [2.75, 3.05) is 6.61 Å². The average molecular weight is 525 g/mol. The summed E-state index contributed by atoms with van der Waals surface area (Å²) >= 11 is 6.96. The number of ether oxygens (including phenoxy) is 2. The summed E-state index contributed by atoms with van der Waals surface area (Å²) in [7, 11) is 0. The summed E-state index contributed by atoms with van der Waals surface area (Å²) in [6.45, 7) is 2.05. The summed E-state index contributed by atoms with van der Waals surface area (Å²) in [5.41, 5.74) is 0.878. The molecule has 8 heteroatoms. The SMILES string of the molecule is CCOC(=O)CC(=O)OCc1ccc2c(=C3SC=CS3)c3ccccc3c(=C3SC=CS3)c2c1. The zero-order valence-corrected chi connectivity index (χ0v) is 21.5. The van der Waals surface area contributed by atoms with Gasteiger partial charge < -0.3 is 9.47 Å². The first-order chi connectivity index (χ1) is 16.7. The van der Waals surface area contributed by atoms with E-state index in [9.17, 15) is 9.59 Å². The number of esters is 2. The number of hydrogen-bond donors (Lipinski definition) is 0. The van der Waals surface area contributed by atoms with Crippen LogP contribution in [-0.2, 0) is 25.7 Å². The topological polar surface area (TPSA) is 52.6 Å². The van der Waals surface area contributed by atoms with Crippen LogP contribution in [-0.4, -0.2) is 18.5 Å². The standard InChI is InChI=1S/C26H20O4S4/c1-2-29-21(27)14-22(28)30-15-16-7-8-19-20(13-16)24(26-33-11-12-34-26)18-6-4-3-5-17(18)23(19)25-31-9-10-32-25/h3-13H,2,14-15H2,1H3. The van der Waals surface area contributed by atoms with Crippen LogP contribution in [0.2, 0.25) is 0 Å². The Labute approximate surface area is 213 Å². The third-order valence-corrected chi connectivity index (χ3v) is 9.56. The average Bonchev–Trinajstić information content (AvgIpc) is 3.56. The molecule has 0 aliphatic carbocycles. The molecule has 0 unspecified atom stereocenters. The van der Waals surface area contributed by atoms with Crippen LogP contribution in [0.3, 0.4) is 0 Å². The fourth-order valence-corrected chi connectivity index (χ4v) is 7.79. The van der Waals surface area contributed by atoms with Gasteiger partial charge in [-0.15, -0.1) is 0 Å². The molecule has 3 aromatic rings. The molecule has 172 valence electrons. The lowest BCUT2D eigenvalue weighted by Crippen LogP contribution is -2.17. The van der Waals surface area contributed by atoms with E-state index in [0.717, 1.165) is 10.9 Å². The molecule has 0 saturated carbocycles. The van der Waals surface area contributed by atoms with Crippen molar-refractivity contribution < 1.29 is 19.1 Å². The van der Waals surface area contributed by atoms with E-state index in [1.165, 1.54) is 35.1 Å². The summed E-state index contributed by atoms with van der Waals surface area (Å²) in [4.78, 5) is 23.7. The number of thioether (sulfide) groups is 4. The van der Waals surface area contributed by atoms with Crippen LogP contribution in [0.4, 0.5) is 0 Å². The summed E-state index contributed by atoms with van der Waals surface area (Å²) in [5, 5.41) is 15.6. The van der Waals surface area contributed by atoms with Crippen LogP contribution in [0.1, 0.15) is 18.9 Å². The van der Waals surface area contributed by atoms with Crippen LogP contribution in [0.15, 0.2) is 64.1 Å². The quantitative estimate of drug-likeness (QED) is 0.228. The zero-order chi connectivity index (χ0) is 23.5.